The summed E-state index contributed by atoms with van der Waals surface area (Å²) < 4.78 is 0. The fourth-order valence-corrected chi connectivity index (χ4v) is 5.68. The lowest BCUT2D eigenvalue weighted by atomic mass is 9.56. The van der Waals surface area contributed by atoms with E-state index < -0.39 is 0 Å². The van der Waals surface area contributed by atoms with Crippen LogP contribution < -0.4 is 11.1 Å². The molecule has 2 aliphatic rings. The van der Waals surface area contributed by atoms with Crippen molar-refractivity contribution < 1.29 is 0 Å². The molecule has 4 unspecified atom stereocenters. The quantitative estimate of drug-likeness (QED) is 0.734. The molecule has 1 aliphatic heterocycles. The predicted molar refractivity (Wildman–Crippen MR) is 110 cm³/mol. The van der Waals surface area contributed by atoms with E-state index in [-0.39, 0.29) is 11.5 Å². The van der Waals surface area contributed by atoms with Crippen molar-refractivity contribution in [1.29, 1.82) is 0 Å². The van der Waals surface area contributed by atoms with E-state index in [0.717, 1.165) is 42.4 Å². The number of nitrogens with two attached hydrogens (primary N) is 1. The Balaban J connectivity index is 1.82. The number of nitrogens with one attached hydrogen (secondary N) is 1. The molecule has 138 valence electrons. The van der Waals surface area contributed by atoms with E-state index in [1.165, 1.54) is 16.7 Å². The summed E-state index contributed by atoms with van der Waals surface area (Å²) in [5, 5.41) is 5.17. The molecule has 2 nitrogen and oxygen atoms in total. The van der Waals surface area contributed by atoms with Gasteiger partial charge in [-0.1, -0.05) is 47.5 Å². The van der Waals surface area contributed by atoms with Gasteiger partial charge in [-0.25, -0.2) is 0 Å². The van der Waals surface area contributed by atoms with Crippen LogP contribution >= 0.6 is 23.2 Å². The van der Waals surface area contributed by atoms with Crippen LogP contribution in [0.1, 0.15) is 47.8 Å². The molecule has 2 fully saturated rings. The minimum atomic E-state index is -0.261. The highest BCUT2D eigenvalue weighted by Crippen LogP contribution is 2.53. The van der Waals surface area contributed by atoms with Gasteiger partial charge in [-0.2, -0.15) is 0 Å². The molecule has 4 heteroatoms. The fourth-order valence-electron chi connectivity index (χ4n) is 5.17. The number of benzene rings is 2. The molecule has 1 saturated heterocycles. The molecule has 3 N–H and O–H groups in total. The molecule has 1 heterocycles. The first kappa shape index (κ1) is 18.3. The van der Waals surface area contributed by atoms with Crippen LogP contribution in [0, 0.1) is 12.8 Å². The zero-order valence-corrected chi connectivity index (χ0v) is 16.7. The second kappa shape index (κ2) is 7.16. The van der Waals surface area contributed by atoms with Crippen LogP contribution in [0.2, 0.25) is 10.0 Å². The number of hydrogen-bond acceptors (Lipinski definition) is 2. The van der Waals surface area contributed by atoms with Gasteiger partial charge in [0.25, 0.3) is 0 Å². The number of aryl methyl sites for hydroxylation is 1. The Labute approximate surface area is 166 Å². The van der Waals surface area contributed by atoms with Crippen molar-refractivity contribution in [3.8, 4) is 0 Å². The molecule has 4 rings (SSSR count). The zero-order valence-electron chi connectivity index (χ0n) is 15.1. The Morgan fingerprint density at radius 2 is 1.81 bits per heavy atom. The van der Waals surface area contributed by atoms with E-state index in [1.54, 1.807) is 0 Å². The smallest absolute Gasteiger partial charge is 0.0443 e. The lowest BCUT2D eigenvalue weighted by Crippen LogP contribution is -2.64. The average Bonchev–Trinajstić information content (AvgIpc) is 2.61. The molecule has 1 saturated carbocycles. The molecule has 26 heavy (non-hydrogen) atoms. The molecule has 2 aromatic carbocycles. The van der Waals surface area contributed by atoms with Crippen molar-refractivity contribution in [1.82, 2.24) is 5.32 Å². The van der Waals surface area contributed by atoms with Gasteiger partial charge in [-0.15, -0.1) is 0 Å². The maximum Gasteiger partial charge on any atom is 0.0443 e. The molecule has 0 spiro atoms. The van der Waals surface area contributed by atoms with Crippen molar-refractivity contribution in [3.63, 3.8) is 0 Å². The first-order valence-electron chi connectivity index (χ1n) is 9.50. The fraction of sp³-hybridized carbons (Fsp3) is 0.455. The molecule has 0 radical (unpaired) electrons. The van der Waals surface area contributed by atoms with Crippen LogP contribution in [0.15, 0.2) is 42.5 Å². The van der Waals surface area contributed by atoms with E-state index in [4.69, 9.17) is 28.9 Å². The minimum Gasteiger partial charge on any atom is -0.323 e. The second-order valence-corrected chi connectivity index (χ2v) is 8.86. The average molecular weight is 389 g/mol. The number of halogens is 2. The first-order chi connectivity index (χ1) is 12.5. The van der Waals surface area contributed by atoms with Gasteiger partial charge in [-0.05, 0) is 79.5 Å². The van der Waals surface area contributed by atoms with E-state index in [0.29, 0.717) is 11.8 Å². The van der Waals surface area contributed by atoms with Crippen LogP contribution in [-0.2, 0) is 0 Å². The van der Waals surface area contributed by atoms with Gasteiger partial charge in [0.05, 0.1) is 0 Å². The maximum atomic E-state index is 7.15. The molecule has 0 aromatic heterocycles. The van der Waals surface area contributed by atoms with Gasteiger partial charge in [0, 0.05) is 28.0 Å². The highest BCUT2D eigenvalue weighted by Gasteiger charge is 2.51. The van der Waals surface area contributed by atoms with Crippen LogP contribution in [0.3, 0.4) is 0 Å². The van der Waals surface area contributed by atoms with Crippen molar-refractivity contribution in [2.45, 2.75) is 43.6 Å². The summed E-state index contributed by atoms with van der Waals surface area (Å²) in [4.78, 5) is 0. The summed E-state index contributed by atoms with van der Waals surface area (Å²) in [6.45, 7) is 4.00. The SMILES string of the molecule is Cc1ccc(C2CCC3CCNCC3(N)C2c2ccc(Cl)cc2)c(Cl)c1. The maximum absolute atomic E-state index is 7.15. The van der Waals surface area contributed by atoms with Crippen LogP contribution in [-0.4, -0.2) is 18.6 Å². The highest BCUT2D eigenvalue weighted by molar-refractivity contribution is 6.31. The Hall–Kier alpha value is -1.06. The molecule has 1 aliphatic carbocycles. The first-order valence-corrected chi connectivity index (χ1v) is 10.3. The van der Waals surface area contributed by atoms with E-state index in [1.807, 2.05) is 12.1 Å². The summed E-state index contributed by atoms with van der Waals surface area (Å²) >= 11 is 12.8. The number of piperidine rings is 1. The van der Waals surface area contributed by atoms with Gasteiger partial charge in [-0.3, -0.25) is 0 Å². The van der Waals surface area contributed by atoms with Gasteiger partial charge in [0.1, 0.15) is 0 Å². The lowest BCUT2D eigenvalue weighted by molar-refractivity contribution is 0.103. The molecule has 2 aromatic rings. The van der Waals surface area contributed by atoms with E-state index in [2.05, 4.69) is 42.6 Å². The Bertz CT molecular complexity index is 789. The van der Waals surface area contributed by atoms with E-state index in [9.17, 15) is 0 Å². The summed E-state index contributed by atoms with van der Waals surface area (Å²) in [7, 11) is 0. The number of fused-ring (bicyclic) bond motifs is 1. The standard InChI is InChI=1S/C22H26Cl2N2/c1-14-2-8-18(20(24)12-14)19-9-5-16-10-11-26-13-22(16,25)21(19)15-3-6-17(23)7-4-15/h2-4,6-8,12,16,19,21,26H,5,9-11,13,25H2,1H3. The third-order valence-electron chi connectivity index (χ3n) is 6.45. The molecule has 0 bridgehead atoms. The van der Waals surface area contributed by atoms with Gasteiger partial charge in [0.15, 0.2) is 0 Å². The second-order valence-electron chi connectivity index (χ2n) is 8.01. The van der Waals surface area contributed by atoms with Gasteiger partial charge < -0.3 is 11.1 Å². The zero-order chi connectivity index (χ0) is 18.3. The molecular weight excluding hydrogens is 363 g/mol. The number of hydrogen-bond donors (Lipinski definition) is 2. The largest absolute Gasteiger partial charge is 0.323 e. The summed E-state index contributed by atoms with van der Waals surface area (Å²) in [5.41, 5.74) is 10.6. The van der Waals surface area contributed by atoms with Crippen molar-refractivity contribution in [3.05, 3.63) is 69.2 Å². The topological polar surface area (TPSA) is 38.0 Å². The van der Waals surface area contributed by atoms with Crippen LogP contribution in [0.5, 0.6) is 0 Å². The lowest BCUT2D eigenvalue weighted by Gasteiger charge is -2.54. The molecule has 4 atom stereocenters. The Morgan fingerprint density at radius 1 is 1.04 bits per heavy atom. The molecule has 0 amide bonds. The van der Waals surface area contributed by atoms with Crippen molar-refractivity contribution in [2.75, 3.05) is 13.1 Å². The van der Waals surface area contributed by atoms with Gasteiger partial charge >= 0.3 is 0 Å². The van der Waals surface area contributed by atoms with Crippen LogP contribution in [0.4, 0.5) is 0 Å². The van der Waals surface area contributed by atoms with Crippen molar-refractivity contribution in [2.24, 2.45) is 11.7 Å². The minimum absolute atomic E-state index is 0.228. The number of rotatable bonds is 2. The highest BCUT2D eigenvalue weighted by atomic mass is 35.5. The van der Waals surface area contributed by atoms with Crippen LogP contribution in [0.25, 0.3) is 0 Å². The predicted octanol–water partition coefficient (Wildman–Crippen LogP) is 5.27. The Kier molecular flexibility index (Phi) is 5.04. The third kappa shape index (κ3) is 3.18. The molecular formula is C22H26Cl2N2. The Morgan fingerprint density at radius 3 is 2.54 bits per heavy atom. The third-order valence-corrected chi connectivity index (χ3v) is 7.03. The van der Waals surface area contributed by atoms with Crippen molar-refractivity contribution >= 4 is 23.2 Å². The summed E-state index contributed by atoms with van der Waals surface area (Å²) in [6.07, 6.45) is 3.44. The normalized spacial score (nSPS) is 31.5. The summed E-state index contributed by atoms with van der Waals surface area (Å²) in [5.74, 6) is 1.10. The van der Waals surface area contributed by atoms with Gasteiger partial charge in [0.2, 0.25) is 0 Å². The van der Waals surface area contributed by atoms with E-state index >= 15 is 0 Å². The summed E-state index contributed by atoms with van der Waals surface area (Å²) in [6, 6.07) is 14.7. The monoisotopic (exact) mass is 388 g/mol.